The van der Waals surface area contributed by atoms with E-state index in [0.717, 1.165) is 5.76 Å². The molecule has 4 nitrogen and oxygen atoms in total. The summed E-state index contributed by atoms with van der Waals surface area (Å²) in [5, 5.41) is 8.67. The number of rotatable bonds is 1. The van der Waals surface area contributed by atoms with E-state index in [-0.39, 0.29) is 0 Å². The third-order valence-electron chi connectivity index (χ3n) is 2.34. The molecule has 0 spiro atoms. The fourth-order valence-corrected chi connectivity index (χ4v) is 1.86. The number of hydrogen-bond acceptors (Lipinski definition) is 3. The van der Waals surface area contributed by atoms with Gasteiger partial charge in [0.25, 0.3) is 0 Å². The Morgan fingerprint density at radius 1 is 1.19 bits per heavy atom. The van der Waals surface area contributed by atoms with Gasteiger partial charge < -0.3 is 4.42 Å². The van der Waals surface area contributed by atoms with E-state index in [1.165, 1.54) is 0 Å². The number of halogens is 1. The molecule has 3 heterocycles. The standard InChI is InChI=1S/C11H8ClN3O/c1-7-5-6-8(16-7)11-14-13-10-4-2-3-9(12)15(10)11/h2-6H,1H3. The van der Waals surface area contributed by atoms with E-state index >= 15 is 0 Å². The molecule has 0 radical (unpaired) electrons. The van der Waals surface area contributed by atoms with Gasteiger partial charge in [0, 0.05) is 0 Å². The van der Waals surface area contributed by atoms with E-state index in [2.05, 4.69) is 10.2 Å². The Bertz CT molecular complexity index is 656. The highest BCUT2D eigenvalue weighted by molar-refractivity contribution is 6.29. The smallest absolute Gasteiger partial charge is 0.205 e. The van der Waals surface area contributed by atoms with Crippen molar-refractivity contribution in [3.63, 3.8) is 0 Å². The van der Waals surface area contributed by atoms with E-state index in [1.807, 2.05) is 31.2 Å². The van der Waals surface area contributed by atoms with E-state index in [4.69, 9.17) is 16.0 Å². The van der Waals surface area contributed by atoms with Gasteiger partial charge in [0.15, 0.2) is 11.4 Å². The van der Waals surface area contributed by atoms with Gasteiger partial charge in [0.1, 0.15) is 10.9 Å². The van der Waals surface area contributed by atoms with Crippen LogP contribution in [0.3, 0.4) is 0 Å². The van der Waals surface area contributed by atoms with Crippen molar-refractivity contribution >= 4 is 17.2 Å². The molecule has 0 unspecified atom stereocenters. The molecular weight excluding hydrogens is 226 g/mol. The van der Waals surface area contributed by atoms with Crippen LogP contribution in [0.25, 0.3) is 17.2 Å². The lowest BCUT2D eigenvalue weighted by Crippen LogP contribution is -1.89. The molecule has 80 valence electrons. The Labute approximate surface area is 96.5 Å². The Hall–Kier alpha value is -1.81. The van der Waals surface area contributed by atoms with Crippen LogP contribution in [0.15, 0.2) is 34.7 Å². The topological polar surface area (TPSA) is 43.3 Å². The van der Waals surface area contributed by atoms with Crippen LogP contribution >= 0.6 is 11.6 Å². The van der Waals surface area contributed by atoms with Gasteiger partial charge in [-0.3, -0.25) is 4.40 Å². The van der Waals surface area contributed by atoms with Crippen molar-refractivity contribution in [2.24, 2.45) is 0 Å². The van der Waals surface area contributed by atoms with Gasteiger partial charge in [-0.25, -0.2) is 0 Å². The largest absolute Gasteiger partial charge is 0.458 e. The molecule has 0 aliphatic carbocycles. The molecule has 3 aromatic heterocycles. The number of furan rings is 1. The first kappa shape index (κ1) is 9.42. The first-order valence-corrected chi connectivity index (χ1v) is 5.20. The highest BCUT2D eigenvalue weighted by atomic mass is 35.5. The summed E-state index contributed by atoms with van der Waals surface area (Å²) in [4.78, 5) is 0. The minimum absolute atomic E-state index is 0.562. The van der Waals surface area contributed by atoms with Crippen molar-refractivity contribution in [1.29, 1.82) is 0 Å². The molecule has 0 atom stereocenters. The van der Waals surface area contributed by atoms with Crippen molar-refractivity contribution < 1.29 is 4.42 Å². The molecule has 0 fully saturated rings. The van der Waals surface area contributed by atoms with Crippen LogP contribution < -0.4 is 0 Å². The monoisotopic (exact) mass is 233 g/mol. The number of nitrogens with zero attached hydrogens (tertiary/aromatic N) is 3. The van der Waals surface area contributed by atoms with Crippen molar-refractivity contribution in [2.45, 2.75) is 6.92 Å². The minimum atomic E-state index is 0.562. The minimum Gasteiger partial charge on any atom is -0.458 e. The summed E-state index contributed by atoms with van der Waals surface area (Å²) in [6, 6.07) is 9.21. The Balaban J connectivity index is 2.32. The summed E-state index contributed by atoms with van der Waals surface area (Å²) in [5.41, 5.74) is 0.705. The van der Waals surface area contributed by atoms with Gasteiger partial charge in [0.2, 0.25) is 5.82 Å². The molecule has 0 aliphatic heterocycles. The van der Waals surface area contributed by atoms with Crippen LogP contribution in [0.4, 0.5) is 0 Å². The van der Waals surface area contributed by atoms with Gasteiger partial charge >= 0.3 is 0 Å². The Morgan fingerprint density at radius 3 is 2.81 bits per heavy atom. The molecule has 0 aromatic carbocycles. The summed E-state index contributed by atoms with van der Waals surface area (Å²) >= 11 is 6.10. The average molecular weight is 234 g/mol. The van der Waals surface area contributed by atoms with E-state index in [1.54, 1.807) is 10.5 Å². The molecule has 5 heteroatoms. The molecular formula is C11H8ClN3O. The molecule has 0 amide bonds. The average Bonchev–Trinajstić information content (AvgIpc) is 2.84. The van der Waals surface area contributed by atoms with E-state index in [9.17, 15) is 0 Å². The summed E-state index contributed by atoms with van der Waals surface area (Å²) in [5.74, 6) is 2.12. The molecule has 0 saturated carbocycles. The first-order chi connectivity index (χ1) is 7.75. The van der Waals surface area contributed by atoms with Gasteiger partial charge in [0.05, 0.1) is 0 Å². The van der Waals surface area contributed by atoms with Crippen molar-refractivity contribution in [2.75, 3.05) is 0 Å². The van der Waals surface area contributed by atoms with Gasteiger partial charge in [-0.1, -0.05) is 17.7 Å². The summed E-state index contributed by atoms with van der Waals surface area (Å²) in [6.45, 7) is 1.88. The highest BCUT2D eigenvalue weighted by Crippen LogP contribution is 2.23. The van der Waals surface area contributed by atoms with Crippen LogP contribution in [-0.2, 0) is 0 Å². The quantitative estimate of drug-likeness (QED) is 0.607. The summed E-state index contributed by atoms with van der Waals surface area (Å²) in [7, 11) is 0. The molecule has 0 N–H and O–H groups in total. The lowest BCUT2D eigenvalue weighted by Gasteiger charge is -1.98. The summed E-state index contributed by atoms with van der Waals surface area (Å²) < 4.78 is 7.26. The second-order valence-corrected chi connectivity index (χ2v) is 3.86. The molecule has 3 aromatic rings. The van der Waals surface area contributed by atoms with Crippen molar-refractivity contribution in [3.8, 4) is 11.6 Å². The second-order valence-electron chi connectivity index (χ2n) is 3.48. The molecule has 3 rings (SSSR count). The zero-order chi connectivity index (χ0) is 11.1. The van der Waals surface area contributed by atoms with Gasteiger partial charge in [-0.2, -0.15) is 0 Å². The third kappa shape index (κ3) is 1.31. The summed E-state index contributed by atoms with van der Waals surface area (Å²) in [6.07, 6.45) is 0. The second kappa shape index (κ2) is 3.35. The van der Waals surface area contributed by atoms with Crippen LogP contribution in [0.5, 0.6) is 0 Å². The molecule has 16 heavy (non-hydrogen) atoms. The normalized spacial score (nSPS) is 11.1. The predicted molar refractivity (Wildman–Crippen MR) is 60.4 cm³/mol. The molecule has 0 aliphatic rings. The Morgan fingerprint density at radius 2 is 2.06 bits per heavy atom. The Kier molecular flexibility index (Phi) is 1.97. The van der Waals surface area contributed by atoms with E-state index < -0.39 is 0 Å². The van der Waals surface area contributed by atoms with Gasteiger partial charge in [-0.15, -0.1) is 10.2 Å². The zero-order valence-corrected chi connectivity index (χ0v) is 9.27. The maximum atomic E-state index is 6.10. The number of aromatic nitrogens is 3. The molecule has 0 bridgehead atoms. The number of pyridine rings is 1. The predicted octanol–water partition coefficient (Wildman–Crippen LogP) is 2.95. The molecule has 0 saturated heterocycles. The lowest BCUT2D eigenvalue weighted by atomic mass is 10.4. The SMILES string of the molecule is Cc1ccc(-c2nnc3cccc(Cl)n23)o1. The fourth-order valence-electron chi connectivity index (χ4n) is 1.62. The van der Waals surface area contributed by atoms with E-state index in [0.29, 0.717) is 22.4 Å². The van der Waals surface area contributed by atoms with Crippen LogP contribution in [0, 0.1) is 6.92 Å². The third-order valence-corrected chi connectivity index (χ3v) is 2.64. The maximum Gasteiger partial charge on any atom is 0.205 e. The number of aryl methyl sites for hydroxylation is 1. The van der Waals surface area contributed by atoms with Crippen LogP contribution in [0.2, 0.25) is 5.15 Å². The lowest BCUT2D eigenvalue weighted by molar-refractivity contribution is 0.543. The number of fused-ring (bicyclic) bond motifs is 1. The zero-order valence-electron chi connectivity index (χ0n) is 8.51. The van der Waals surface area contributed by atoms with Crippen LogP contribution in [-0.4, -0.2) is 14.6 Å². The number of hydrogen-bond donors (Lipinski definition) is 0. The first-order valence-electron chi connectivity index (χ1n) is 4.82. The van der Waals surface area contributed by atoms with Gasteiger partial charge in [-0.05, 0) is 31.2 Å². The fraction of sp³-hybridized carbons (Fsp3) is 0.0909. The van der Waals surface area contributed by atoms with Crippen molar-refractivity contribution in [1.82, 2.24) is 14.6 Å². The highest BCUT2D eigenvalue weighted by Gasteiger charge is 2.12. The maximum absolute atomic E-state index is 6.10. The van der Waals surface area contributed by atoms with Crippen LogP contribution in [0.1, 0.15) is 5.76 Å². The van der Waals surface area contributed by atoms with Crippen molar-refractivity contribution in [3.05, 3.63) is 41.2 Å².